The molecule has 2 N–H and O–H groups in total. The van der Waals surface area contributed by atoms with Crippen molar-refractivity contribution in [2.75, 3.05) is 18.5 Å². The van der Waals surface area contributed by atoms with Crippen molar-refractivity contribution < 1.29 is 4.39 Å². The summed E-state index contributed by atoms with van der Waals surface area (Å²) in [5, 5.41) is 7.30. The van der Waals surface area contributed by atoms with E-state index in [1.165, 1.54) is 24.0 Å². The van der Waals surface area contributed by atoms with Crippen LogP contribution in [0.1, 0.15) is 62.5 Å². The van der Waals surface area contributed by atoms with Gasteiger partial charge in [0.1, 0.15) is 17.9 Å². The van der Waals surface area contributed by atoms with Crippen molar-refractivity contribution in [2.45, 2.75) is 62.9 Å². The summed E-state index contributed by atoms with van der Waals surface area (Å²) in [4.78, 5) is 31.6. The maximum atomic E-state index is 13.7. The Morgan fingerprint density at radius 2 is 2.03 bits per heavy atom. The monoisotopic (exact) mass is 500 g/mol. The van der Waals surface area contributed by atoms with Gasteiger partial charge < -0.3 is 10.6 Å². The van der Waals surface area contributed by atoms with E-state index in [0.717, 1.165) is 31.6 Å². The van der Waals surface area contributed by atoms with Crippen LogP contribution in [0, 0.1) is 0 Å². The van der Waals surface area contributed by atoms with Gasteiger partial charge in [-0.2, -0.15) is 4.98 Å². The van der Waals surface area contributed by atoms with Crippen LogP contribution in [0.3, 0.4) is 0 Å². The summed E-state index contributed by atoms with van der Waals surface area (Å²) in [6, 6.07) is 8.27. The summed E-state index contributed by atoms with van der Waals surface area (Å²) in [6.07, 6.45) is 7.48. The van der Waals surface area contributed by atoms with E-state index in [-0.39, 0.29) is 11.6 Å². The number of nitrogens with zero attached hydrogens (tertiary/aromatic N) is 6. The summed E-state index contributed by atoms with van der Waals surface area (Å²) < 4.78 is 17.2. The molecule has 9 nitrogen and oxygen atoms in total. The molecule has 190 valence electrons. The van der Waals surface area contributed by atoms with E-state index in [1.807, 2.05) is 0 Å². The summed E-state index contributed by atoms with van der Waals surface area (Å²) in [6.45, 7) is 4.83. The van der Waals surface area contributed by atoms with Gasteiger partial charge in [-0.15, -0.1) is 0 Å². The van der Waals surface area contributed by atoms with Crippen molar-refractivity contribution in [1.82, 2.24) is 34.6 Å². The van der Waals surface area contributed by atoms with Gasteiger partial charge in [0.05, 0.1) is 11.5 Å². The molecule has 0 unspecified atom stereocenters. The van der Waals surface area contributed by atoms with Crippen molar-refractivity contribution >= 4 is 22.7 Å². The third-order valence-corrected chi connectivity index (χ3v) is 7.88. The number of nitrogens with one attached hydrogen (secondary N) is 2. The molecule has 1 aliphatic heterocycles. The minimum Gasteiger partial charge on any atom is -0.324 e. The largest absolute Gasteiger partial charge is 0.324 e. The third-order valence-electron chi connectivity index (χ3n) is 7.88. The number of alkyl halides is 1. The zero-order valence-corrected chi connectivity index (χ0v) is 21.0. The molecule has 0 radical (unpaired) electrons. The van der Waals surface area contributed by atoms with E-state index in [2.05, 4.69) is 43.8 Å². The van der Waals surface area contributed by atoms with Gasteiger partial charge in [0.15, 0.2) is 11.5 Å². The second-order valence-corrected chi connectivity index (χ2v) is 11.3. The van der Waals surface area contributed by atoms with Crippen LogP contribution in [0.4, 0.5) is 16.0 Å². The van der Waals surface area contributed by atoms with Gasteiger partial charge in [0.2, 0.25) is 5.95 Å². The molecule has 3 aromatic heterocycles. The molecule has 4 aromatic rings. The number of hydrogen-bond acceptors (Lipinski definition) is 7. The fourth-order valence-corrected chi connectivity index (χ4v) is 5.37. The molecule has 1 aromatic carbocycles. The van der Waals surface area contributed by atoms with Crippen LogP contribution in [-0.4, -0.2) is 42.5 Å². The van der Waals surface area contributed by atoms with E-state index in [0.29, 0.717) is 34.0 Å². The lowest BCUT2D eigenvalue weighted by molar-refractivity contribution is 0.336. The Balaban J connectivity index is 1.31. The van der Waals surface area contributed by atoms with Gasteiger partial charge in [-0.1, -0.05) is 19.9 Å². The molecule has 0 atom stereocenters. The molecule has 0 amide bonds. The molecule has 7 rings (SSSR count). The molecule has 2 saturated carbocycles. The van der Waals surface area contributed by atoms with Crippen molar-refractivity contribution in [2.24, 2.45) is 0 Å². The van der Waals surface area contributed by atoms with Crippen LogP contribution in [0.2, 0.25) is 0 Å². The predicted molar refractivity (Wildman–Crippen MR) is 138 cm³/mol. The highest BCUT2D eigenvalue weighted by Gasteiger charge is 2.46. The molecule has 2 fully saturated rings. The summed E-state index contributed by atoms with van der Waals surface area (Å²) in [5.74, 6) is 1.27. The molecule has 1 spiro atoms. The van der Waals surface area contributed by atoms with Crippen molar-refractivity contribution in [3.63, 3.8) is 0 Å². The van der Waals surface area contributed by atoms with Gasteiger partial charge in [-0.3, -0.25) is 9.18 Å². The van der Waals surface area contributed by atoms with Crippen molar-refractivity contribution in [3.8, 4) is 5.82 Å². The number of aromatic nitrogens is 6. The van der Waals surface area contributed by atoms with Crippen LogP contribution in [0.5, 0.6) is 0 Å². The topological polar surface area (TPSA) is 103 Å². The first-order valence-electron chi connectivity index (χ1n) is 12.9. The first kappa shape index (κ1) is 22.5. The van der Waals surface area contributed by atoms with Gasteiger partial charge in [0, 0.05) is 42.7 Å². The van der Waals surface area contributed by atoms with Gasteiger partial charge in [-0.25, -0.2) is 24.3 Å². The van der Waals surface area contributed by atoms with Crippen LogP contribution in [0.25, 0.3) is 16.9 Å². The molecule has 10 heteroatoms. The number of rotatable bonds is 6. The lowest BCUT2D eigenvalue weighted by atomic mass is 9.88. The quantitative estimate of drug-likeness (QED) is 0.415. The number of halogens is 1. The Morgan fingerprint density at radius 1 is 1.19 bits per heavy atom. The summed E-state index contributed by atoms with van der Waals surface area (Å²) >= 11 is 0. The highest BCUT2D eigenvalue weighted by atomic mass is 19.1. The standard InChI is InChI=1S/C27H29FN8O/c1-26(2,14-28)24-30-10-7-21(33-24)36-22-19(23(37)35(36)18-4-5-18)13-31-25(34-22)32-17-3-6-20-16(11-17)12-29-15-27(20)8-9-27/h3,6-7,10-11,13,18,29H,4-5,8-9,12,14-15H2,1-2H3,(H,31,32,34). The maximum absolute atomic E-state index is 13.7. The Bertz CT molecular complexity index is 1600. The number of fused-ring (bicyclic) bond motifs is 3. The zero-order chi connectivity index (χ0) is 25.4. The Morgan fingerprint density at radius 3 is 2.78 bits per heavy atom. The third kappa shape index (κ3) is 3.65. The highest BCUT2D eigenvalue weighted by Crippen LogP contribution is 2.50. The average Bonchev–Trinajstić information content (AvgIpc) is 3.84. The number of hydrogen-bond donors (Lipinski definition) is 2. The molecular formula is C27H29FN8O. The minimum atomic E-state index is -0.842. The Hall–Kier alpha value is -3.66. The number of benzene rings is 1. The van der Waals surface area contributed by atoms with Crippen LogP contribution < -0.4 is 16.2 Å². The van der Waals surface area contributed by atoms with Crippen molar-refractivity contribution in [1.29, 1.82) is 0 Å². The smallest absolute Gasteiger partial charge is 0.278 e. The van der Waals surface area contributed by atoms with Gasteiger partial charge in [0.25, 0.3) is 5.56 Å². The first-order chi connectivity index (χ1) is 17.9. The van der Waals surface area contributed by atoms with Crippen LogP contribution >= 0.6 is 0 Å². The normalized spacial score (nSPS) is 18.2. The molecule has 3 aliphatic rings. The Kier molecular flexibility index (Phi) is 4.82. The lowest BCUT2D eigenvalue weighted by Gasteiger charge is -2.26. The summed E-state index contributed by atoms with van der Waals surface area (Å²) in [7, 11) is 0. The zero-order valence-electron chi connectivity index (χ0n) is 21.0. The van der Waals surface area contributed by atoms with Crippen molar-refractivity contribution in [3.05, 3.63) is 64.0 Å². The fraction of sp³-hybridized carbons (Fsp3) is 0.444. The van der Waals surface area contributed by atoms with Gasteiger partial charge >= 0.3 is 0 Å². The second kappa shape index (κ2) is 7.92. The lowest BCUT2D eigenvalue weighted by Crippen LogP contribution is -2.33. The van der Waals surface area contributed by atoms with E-state index >= 15 is 0 Å². The molecule has 37 heavy (non-hydrogen) atoms. The first-order valence-corrected chi connectivity index (χ1v) is 12.9. The number of anilines is 2. The van der Waals surface area contributed by atoms with Gasteiger partial charge in [-0.05, 0) is 48.9 Å². The molecule has 4 heterocycles. The van der Waals surface area contributed by atoms with E-state index in [1.54, 1.807) is 41.7 Å². The predicted octanol–water partition coefficient (Wildman–Crippen LogP) is 3.83. The minimum absolute atomic E-state index is 0.0774. The van der Waals surface area contributed by atoms with Crippen LogP contribution in [-0.2, 0) is 17.4 Å². The molecule has 2 aliphatic carbocycles. The maximum Gasteiger partial charge on any atom is 0.278 e. The van der Waals surface area contributed by atoms with E-state index in [4.69, 9.17) is 4.98 Å². The van der Waals surface area contributed by atoms with Crippen LogP contribution in [0.15, 0.2) is 41.5 Å². The highest BCUT2D eigenvalue weighted by molar-refractivity contribution is 5.77. The van der Waals surface area contributed by atoms with E-state index in [9.17, 15) is 9.18 Å². The summed E-state index contributed by atoms with van der Waals surface area (Å²) in [5.41, 5.74) is 3.44. The molecule has 0 bridgehead atoms. The molecule has 0 saturated heterocycles. The van der Waals surface area contributed by atoms with E-state index < -0.39 is 12.1 Å². The fourth-order valence-electron chi connectivity index (χ4n) is 5.37. The second-order valence-electron chi connectivity index (χ2n) is 11.3. The SMILES string of the molecule is CC(C)(CF)c1nccc(-n2c3nc(Nc4ccc5c(c4)CNCC54CC4)ncc3c(=O)n2C2CC2)n1. The Labute approximate surface area is 213 Å². The average molecular weight is 501 g/mol. The molecular weight excluding hydrogens is 471 g/mol.